The van der Waals surface area contributed by atoms with E-state index >= 15 is 0 Å². The molecule has 70 heavy (non-hydrogen) atoms. The number of aliphatic hydroxyl groups is 8. The van der Waals surface area contributed by atoms with Crippen molar-refractivity contribution in [1.29, 1.82) is 0 Å². The van der Waals surface area contributed by atoms with Crippen LogP contribution < -0.4 is 11.1 Å². The first-order chi connectivity index (χ1) is 33.2. The molecule has 7 fully saturated rings. The van der Waals surface area contributed by atoms with Crippen LogP contribution in [0.15, 0.2) is 24.2 Å². The number of nitrogens with two attached hydrogens (primary N) is 1. The molecule has 0 aromatic carbocycles. The van der Waals surface area contributed by atoms with Gasteiger partial charge in [-0.15, -0.1) is 0 Å². The molecule has 2 bridgehead atoms. The lowest BCUT2D eigenvalue weighted by molar-refractivity contribution is -0.343. The Labute approximate surface area is 412 Å². The Morgan fingerprint density at radius 3 is 2.36 bits per heavy atom. The van der Waals surface area contributed by atoms with Gasteiger partial charge in [-0.2, -0.15) is 0 Å². The maximum Gasteiger partial charge on any atom is 0.310 e. The van der Waals surface area contributed by atoms with Crippen molar-refractivity contribution in [3.8, 4) is 0 Å². The standard InChI is InChI=1S/C53H84N4O13/c1-6-30-32-9-7-8-15-52-16-14-37-49(3,25-60)44(70-46-43(65)42(64)36(61)23-69-46)41(63)33(19-28-29(22-58)45(66)57-40(28)27(10-13-39(54)62)35-21-55-26-56-35)50(37,4)38(52)12-11-31(51(30,52)5)34-20-48(2,24-59)17-18-53(32,34)47(67)68/h11,21,26-30,32-34,36-44,46,58-65H,6-10,12-20,22-25,54H2,1-5H3,(H,55,56)(H,57,66)(H,67,68)/t27-,28-,29-,30+,32+,33-,34+,36-,37-,38-,39+,40+,41-,42+,43-,44-,46+,48+,49+,50+,51-,52-,53+/m1/s1. The zero-order valence-corrected chi connectivity index (χ0v) is 42.0. The fourth-order valence-corrected chi connectivity index (χ4v) is 18.8. The van der Waals surface area contributed by atoms with Crippen molar-refractivity contribution >= 4 is 11.9 Å². The molecule has 13 N–H and O–H groups in total. The first kappa shape index (κ1) is 52.3. The number of ether oxygens (including phenoxy) is 2. The molecule has 8 aliphatic rings. The van der Waals surface area contributed by atoms with E-state index in [2.05, 4.69) is 49.1 Å². The first-order valence-corrected chi connectivity index (χ1v) is 26.7. The van der Waals surface area contributed by atoms with E-state index in [0.717, 1.165) is 44.2 Å². The number of aromatic amines is 1. The van der Waals surface area contributed by atoms with Gasteiger partial charge >= 0.3 is 5.97 Å². The number of nitrogens with zero attached hydrogens (tertiary/aromatic N) is 1. The minimum atomic E-state index is -1.67. The third-order valence-electron chi connectivity index (χ3n) is 22.1. The molecule has 17 heteroatoms. The van der Waals surface area contributed by atoms with E-state index < -0.39 is 119 Å². The van der Waals surface area contributed by atoms with Gasteiger partial charge in [-0.3, -0.25) is 9.59 Å². The van der Waals surface area contributed by atoms with Gasteiger partial charge in [0.25, 0.3) is 0 Å². The maximum atomic E-state index is 14.2. The second-order valence-corrected chi connectivity index (χ2v) is 24.8. The van der Waals surface area contributed by atoms with Crippen LogP contribution >= 0.6 is 0 Å². The minimum absolute atomic E-state index is 0.0218. The molecular formula is C53H84N4O13. The van der Waals surface area contributed by atoms with Gasteiger partial charge in [0.1, 0.15) is 24.5 Å². The normalized spacial score (nSPS) is 49.8. The van der Waals surface area contributed by atoms with Gasteiger partial charge in [-0.05, 0) is 134 Å². The number of fused-ring (bicyclic) bond motifs is 6. The largest absolute Gasteiger partial charge is 0.481 e. The molecule has 17 nitrogen and oxygen atoms in total. The predicted molar refractivity (Wildman–Crippen MR) is 255 cm³/mol. The third-order valence-corrected chi connectivity index (χ3v) is 22.1. The number of carboxylic acid groups (broad SMARTS) is 1. The van der Waals surface area contributed by atoms with Gasteiger partial charge in [0.05, 0.1) is 49.7 Å². The number of nitrogens with one attached hydrogen (secondary N) is 2. The average molecular weight is 985 g/mol. The van der Waals surface area contributed by atoms with Crippen molar-refractivity contribution in [1.82, 2.24) is 15.3 Å². The molecule has 394 valence electrons. The highest BCUT2D eigenvalue weighted by Crippen LogP contribution is 2.81. The van der Waals surface area contributed by atoms with Crippen LogP contribution in [0, 0.1) is 79.8 Å². The molecular weight excluding hydrogens is 901 g/mol. The number of carbonyl (C=O) groups is 2. The number of H-pyrrole nitrogens is 1. The average Bonchev–Trinajstić information content (AvgIpc) is 3.97. The fraction of sp³-hybridized carbons (Fsp3) is 0.868. The number of allylic oxidation sites excluding steroid dienone is 2. The van der Waals surface area contributed by atoms with Crippen LogP contribution in [0.25, 0.3) is 0 Å². The number of hydrogen-bond acceptors (Lipinski definition) is 14. The monoisotopic (exact) mass is 985 g/mol. The Balaban J connectivity index is 1.23. The van der Waals surface area contributed by atoms with Crippen molar-refractivity contribution < 1.29 is 65.0 Å². The molecule has 0 unspecified atom stereocenters. The Morgan fingerprint density at radius 2 is 1.71 bits per heavy atom. The van der Waals surface area contributed by atoms with Crippen molar-refractivity contribution in [3.05, 3.63) is 29.9 Å². The Hall–Kier alpha value is -2.55. The Bertz CT molecular complexity index is 2090. The second kappa shape index (κ2) is 19.0. The smallest absolute Gasteiger partial charge is 0.310 e. The van der Waals surface area contributed by atoms with Crippen LogP contribution in [0.1, 0.15) is 136 Å². The van der Waals surface area contributed by atoms with Crippen LogP contribution in [-0.4, -0.2) is 143 Å². The van der Waals surface area contributed by atoms with E-state index in [1.54, 1.807) is 12.5 Å². The zero-order chi connectivity index (χ0) is 50.5. The molecule has 3 heterocycles. The molecule has 1 amide bonds. The SMILES string of the molecule is CC[C@H]1[C@@H]2CCCC[C@@]34CC[C@@H]5[C@](C)(CO)[C@H](O[C@@H]6OC[C@@H](O)[C@H](O)[C@H]6O)[C@H](O)[C@@H](C[C@H]6[C@H]([C@H](CC[C@@H](N)O)c7cnc[nH]7)NC(=O)[C@@H]6CO)[C@]5(C)[C@H]3CC=C([C@@H]3C[C@@](C)(CO)CC[C@@]32C(=O)O)[C@@]14C. The quantitative estimate of drug-likeness (QED) is 0.0725. The summed E-state index contributed by atoms with van der Waals surface area (Å²) in [5, 5.41) is 105. The molecule has 1 aromatic heterocycles. The molecule has 1 spiro atoms. The Kier molecular flexibility index (Phi) is 14.2. The maximum absolute atomic E-state index is 14.2. The van der Waals surface area contributed by atoms with E-state index in [4.69, 9.17) is 15.2 Å². The highest BCUT2D eigenvalue weighted by molar-refractivity contribution is 5.82. The number of rotatable bonds is 14. The summed E-state index contributed by atoms with van der Waals surface area (Å²) in [6.07, 6.45) is 4.72. The van der Waals surface area contributed by atoms with Gasteiger partial charge < -0.3 is 71.5 Å². The highest BCUT2D eigenvalue weighted by Gasteiger charge is 2.77. The zero-order valence-electron chi connectivity index (χ0n) is 42.0. The number of aliphatic hydroxyl groups excluding tert-OH is 8. The summed E-state index contributed by atoms with van der Waals surface area (Å²) in [7, 11) is 0. The van der Waals surface area contributed by atoms with Gasteiger partial charge in [-0.1, -0.05) is 65.5 Å². The summed E-state index contributed by atoms with van der Waals surface area (Å²) >= 11 is 0. The summed E-state index contributed by atoms with van der Waals surface area (Å²) in [5.74, 6) is -4.34. The van der Waals surface area contributed by atoms with Crippen molar-refractivity contribution in [2.24, 2.45) is 85.6 Å². The number of aromatic nitrogens is 2. The lowest BCUT2D eigenvalue weighted by Gasteiger charge is -2.77. The van der Waals surface area contributed by atoms with Crippen LogP contribution in [0.3, 0.4) is 0 Å². The lowest BCUT2D eigenvalue weighted by atomic mass is 9.27. The van der Waals surface area contributed by atoms with E-state index in [1.807, 2.05) is 6.92 Å². The lowest BCUT2D eigenvalue weighted by Crippen LogP contribution is -2.74. The number of carboxylic acids is 1. The van der Waals surface area contributed by atoms with Gasteiger partial charge in [-0.25, -0.2) is 4.98 Å². The minimum Gasteiger partial charge on any atom is -0.481 e. The predicted octanol–water partition coefficient (Wildman–Crippen LogP) is 2.93. The van der Waals surface area contributed by atoms with Crippen LogP contribution in [-0.2, 0) is 19.1 Å². The number of carbonyl (C=O) groups excluding carboxylic acids is 1. The molecule has 0 radical (unpaired) electrons. The highest BCUT2D eigenvalue weighted by atomic mass is 16.7. The summed E-state index contributed by atoms with van der Waals surface area (Å²) in [6.45, 7) is 9.75. The Morgan fingerprint density at radius 1 is 0.957 bits per heavy atom. The topological polar surface area (TPSA) is 301 Å². The van der Waals surface area contributed by atoms with Crippen molar-refractivity contribution in [2.45, 2.75) is 180 Å². The summed E-state index contributed by atoms with van der Waals surface area (Å²) in [5.41, 5.74) is 3.66. The molecule has 2 saturated heterocycles. The molecule has 2 aliphatic heterocycles. The molecule has 9 rings (SSSR count). The van der Waals surface area contributed by atoms with Crippen LogP contribution in [0.5, 0.6) is 0 Å². The van der Waals surface area contributed by atoms with Gasteiger partial charge in [0.15, 0.2) is 6.29 Å². The summed E-state index contributed by atoms with van der Waals surface area (Å²) < 4.78 is 12.6. The molecule has 6 aliphatic carbocycles. The molecule has 5 saturated carbocycles. The van der Waals surface area contributed by atoms with Crippen LogP contribution in [0.4, 0.5) is 0 Å². The first-order valence-electron chi connectivity index (χ1n) is 26.7. The third kappa shape index (κ3) is 7.50. The van der Waals surface area contributed by atoms with E-state index in [1.165, 1.54) is 5.57 Å². The van der Waals surface area contributed by atoms with Gasteiger partial charge in [0.2, 0.25) is 5.91 Å². The summed E-state index contributed by atoms with van der Waals surface area (Å²) in [4.78, 5) is 35.9. The summed E-state index contributed by atoms with van der Waals surface area (Å²) in [6, 6.07) is -0.585. The van der Waals surface area contributed by atoms with E-state index in [0.29, 0.717) is 38.5 Å². The van der Waals surface area contributed by atoms with E-state index in [9.17, 15) is 55.5 Å². The molecule has 1 aromatic rings. The number of amides is 1. The van der Waals surface area contributed by atoms with Crippen molar-refractivity contribution in [3.63, 3.8) is 0 Å². The fourth-order valence-electron chi connectivity index (χ4n) is 18.8. The second-order valence-electron chi connectivity index (χ2n) is 24.8. The number of imidazole rings is 1. The number of aliphatic carboxylic acids is 1. The molecule has 23 atom stereocenters. The van der Waals surface area contributed by atoms with Crippen molar-refractivity contribution in [2.75, 3.05) is 26.4 Å². The van der Waals surface area contributed by atoms with Crippen LogP contribution in [0.2, 0.25) is 0 Å². The number of hydrogen-bond donors (Lipinski definition) is 12. The van der Waals surface area contributed by atoms with E-state index in [-0.39, 0.29) is 67.0 Å². The van der Waals surface area contributed by atoms with Gasteiger partial charge in [0, 0.05) is 35.9 Å².